The van der Waals surface area contributed by atoms with Crippen molar-refractivity contribution in [1.29, 1.82) is 0 Å². The van der Waals surface area contributed by atoms with Crippen LogP contribution < -0.4 is 14.4 Å². The molecule has 0 saturated carbocycles. The van der Waals surface area contributed by atoms with Gasteiger partial charge in [0.15, 0.2) is 0 Å². The number of sulfonamides is 1. The number of nitrogens with zero attached hydrogens (tertiary/aromatic N) is 1. The molecule has 0 atom stereocenters. The van der Waals surface area contributed by atoms with Gasteiger partial charge in [-0.05, 0) is 54.4 Å². The number of anilines is 1. The molecule has 3 rings (SSSR count). The second-order valence-corrected chi connectivity index (χ2v) is 9.59. The summed E-state index contributed by atoms with van der Waals surface area (Å²) in [5.74, 6) is 0.284. The fraction of sp³-hybridized carbons (Fsp3) is 0.208. The first-order chi connectivity index (χ1) is 15.3. The zero-order valence-corrected chi connectivity index (χ0v) is 19.5. The van der Waals surface area contributed by atoms with Crippen LogP contribution in [-0.2, 0) is 16.6 Å². The van der Waals surface area contributed by atoms with Gasteiger partial charge in [0.1, 0.15) is 12.4 Å². The first kappa shape index (κ1) is 23.6. The number of para-hydroxylation sites is 1. The molecule has 0 heterocycles. The highest BCUT2D eigenvalue weighted by molar-refractivity contribution is 7.92. The van der Waals surface area contributed by atoms with Gasteiger partial charge in [-0.2, -0.15) is 0 Å². The molecule has 32 heavy (non-hydrogen) atoms. The number of ether oxygens (including phenoxy) is 1. The molecule has 3 aromatic rings. The van der Waals surface area contributed by atoms with Crippen LogP contribution in [0, 0.1) is 6.92 Å². The molecule has 0 saturated heterocycles. The monoisotopic (exact) mass is 472 g/mol. The Morgan fingerprint density at radius 1 is 1.00 bits per heavy atom. The van der Waals surface area contributed by atoms with Gasteiger partial charge < -0.3 is 10.1 Å². The summed E-state index contributed by atoms with van der Waals surface area (Å²) in [7, 11) is -3.51. The quantitative estimate of drug-likeness (QED) is 0.467. The van der Waals surface area contributed by atoms with Gasteiger partial charge in [0.25, 0.3) is 5.91 Å². The third kappa shape index (κ3) is 6.24. The summed E-state index contributed by atoms with van der Waals surface area (Å²) in [6, 6.07) is 21.2. The van der Waals surface area contributed by atoms with E-state index in [0.29, 0.717) is 28.6 Å². The van der Waals surface area contributed by atoms with Crippen LogP contribution in [0.5, 0.6) is 5.75 Å². The number of hydrogen-bond acceptors (Lipinski definition) is 4. The maximum Gasteiger partial charge on any atom is 0.251 e. The van der Waals surface area contributed by atoms with Gasteiger partial charge in [0, 0.05) is 5.56 Å². The van der Waals surface area contributed by atoms with Crippen molar-refractivity contribution in [2.24, 2.45) is 0 Å². The highest BCUT2D eigenvalue weighted by atomic mass is 35.5. The van der Waals surface area contributed by atoms with E-state index in [0.717, 1.165) is 11.1 Å². The van der Waals surface area contributed by atoms with Crippen LogP contribution >= 0.6 is 11.6 Å². The van der Waals surface area contributed by atoms with Crippen LogP contribution in [0.2, 0.25) is 5.02 Å². The number of amides is 1. The Morgan fingerprint density at radius 3 is 2.31 bits per heavy atom. The minimum Gasteiger partial charge on any atom is -0.490 e. The lowest BCUT2D eigenvalue weighted by molar-refractivity contribution is 0.0947. The van der Waals surface area contributed by atoms with Crippen molar-refractivity contribution in [3.05, 3.63) is 94.5 Å². The van der Waals surface area contributed by atoms with E-state index in [4.69, 9.17) is 16.3 Å². The third-order valence-electron chi connectivity index (χ3n) is 4.87. The van der Waals surface area contributed by atoms with Crippen LogP contribution in [0.4, 0.5) is 5.69 Å². The second-order valence-electron chi connectivity index (χ2n) is 7.28. The topological polar surface area (TPSA) is 75.7 Å². The summed E-state index contributed by atoms with van der Waals surface area (Å²) in [6.07, 6.45) is 1.17. The van der Waals surface area contributed by atoms with Crippen molar-refractivity contribution in [3.63, 3.8) is 0 Å². The predicted octanol–water partition coefficient (Wildman–Crippen LogP) is 4.42. The van der Waals surface area contributed by atoms with Crippen LogP contribution in [0.1, 0.15) is 21.5 Å². The number of carbonyl (C=O) groups is 1. The van der Waals surface area contributed by atoms with Crippen LogP contribution in [0.25, 0.3) is 0 Å². The van der Waals surface area contributed by atoms with Gasteiger partial charge in [-0.3, -0.25) is 9.10 Å². The predicted molar refractivity (Wildman–Crippen MR) is 128 cm³/mol. The lowest BCUT2D eigenvalue weighted by Crippen LogP contribution is -2.30. The van der Waals surface area contributed by atoms with Gasteiger partial charge in [-0.15, -0.1) is 0 Å². The van der Waals surface area contributed by atoms with E-state index in [2.05, 4.69) is 5.32 Å². The fourth-order valence-electron chi connectivity index (χ4n) is 3.11. The normalized spacial score (nSPS) is 11.1. The lowest BCUT2D eigenvalue weighted by Gasteiger charge is -2.23. The summed E-state index contributed by atoms with van der Waals surface area (Å²) in [5, 5.41) is 3.29. The van der Waals surface area contributed by atoms with E-state index in [1.54, 1.807) is 36.4 Å². The standard InChI is InChI=1S/C24H25ClN2O4S/c1-18-7-3-4-8-20(18)17-27(32(2,29)30)21-13-11-19(12-14-21)24(28)26-15-16-31-23-10-6-5-9-22(23)25/h3-14H,15-17H2,1-2H3,(H,26,28). The van der Waals surface area contributed by atoms with E-state index < -0.39 is 10.0 Å². The molecule has 0 bridgehead atoms. The molecule has 0 radical (unpaired) electrons. The maximum atomic E-state index is 12.4. The summed E-state index contributed by atoms with van der Waals surface area (Å²) in [5.41, 5.74) is 2.85. The summed E-state index contributed by atoms with van der Waals surface area (Å²) in [4.78, 5) is 12.4. The summed E-state index contributed by atoms with van der Waals surface area (Å²) < 4.78 is 31.7. The van der Waals surface area contributed by atoms with Crippen LogP contribution in [0.3, 0.4) is 0 Å². The molecule has 1 amide bonds. The van der Waals surface area contributed by atoms with E-state index in [9.17, 15) is 13.2 Å². The molecule has 1 N–H and O–H groups in total. The largest absolute Gasteiger partial charge is 0.490 e. The third-order valence-corrected chi connectivity index (χ3v) is 6.33. The Bertz CT molecular complexity index is 1180. The molecule has 0 aliphatic heterocycles. The first-order valence-electron chi connectivity index (χ1n) is 10.0. The Kier molecular flexibility index (Phi) is 7.77. The number of aryl methyl sites for hydroxylation is 1. The van der Waals surface area contributed by atoms with Crippen LogP contribution in [0.15, 0.2) is 72.8 Å². The minimum absolute atomic E-state index is 0.219. The molecular formula is C24H25ClN2O4S. The van der Waals surface area contributed by atoms with Gasteiger partial charge in [0.05, 0.1) is 30.1 Å². The number of rotatable bonds is 9. The molecular weight excluding hydrogens is 448 g/mol. The highest BCUT2D eigenvalue weighted by Crippen LogP contribution is 2.23. The van der Waals surface area contributed by atoms with E-state index >= 15 is 0 Å². The Labute approximate surface area is 193 Å². The number of hydrogen-bond donors (Lipinski definition) is 1. The Morgan fingerprint density at radius 2 is 1.66 bits per heavy atom. The van der Waals surface area contributed by atoms with Gasteiger partial charge in [0.2, 0.25) is 10.0 Å². The molecule has 6 nitrogen and oxygen atoms in total. The Balaban J connectivity index is 1.62. The van der Waals surface area contributed by atoms with Crippen molar-refractivity contribution in [3.8, 4) is 5.75 Å². The van der Waals surface area contributed by atoms with E-state index in [-0.39, 0.29) is 19.1 Å². The summed E-state index contributed by atoms with van der Waals surface area (Å²) >= 11 is 6.03. The van der Waals surface area contributed by atoms with Crippen molar-refractivity contribution >= 4 is 33.2 Å². The van der Waals surface area contributed by atoms with Crippen molar-refractivity contribution in [1.82, 2.24) is 5.32 Å². The molecule has 0 aromatic heterocycles. The molecule has 0 unspecified atom stereocenters. The lowest BCUT2D eigenvalue weighted by atomic mass is 10.1. The molecule has 0 aliphatic rings. The summed E-state index contributed by atoms with van der Waals surface area (Å²) in [6.45, 7) is 2.73. The van der Waals surface area contributed by atoms with Gasteiger partial charge >= 0.3 is 0 Å². The zero-order chi connectivity index (χ0) is 23.1. The number of carbonyl (C=O) groups excluding carboxylic acids is 1. The molecule has 0 aliphatic carbocycles. The number of benzene rings is 3. The second kappa shape index (κ2) is 10.5. The van der Waals surface area contributed by atoms with Crippen molar-refractivity contribution in [2.45, 2.75) is 13.5 Å². The van der Waals surface area contributed by atoms with Crippen molar-refractivity contribution < 1.29 is 17.9 Å². The number of nitrogens with one attached hydrogen (secondary N) is 1. The van der Waals surface area contributed by atoms with Gasteiger partial charge in [-0.1, -0.05) is 48.0 Å². The van der Waals surface area contributed by atoms with Crippen LogP contribution in [-0.4, -0.2) is 33.7 Å². The molecule has 0 spiro atoms. The smallest absolute Gasteiger partial charge is 0.251 e. The maximum absolute atomic E-state index is 12.4. The number of halogens is 1. The molecule has 168 valence electrons. The molecule has 0 fully saturated rings. The average molecular weight is 473 g/mol. The van der Waals surface area contributed by atoms with E-state index in [1.807, 2.05) is 43.3 Å². The Hall–Kier alpha value is -3.03. The van der Waals surface area contributed by atoms with E-state index in [1.165, 1.54) is 10.6 Å². The zero-order valence-electron chi connectivity index (χ0n) is 17.9. The SMILES string of the molecule is Cc1ccccc1CN(c1ccc(C(=O)NCCOc2ccccc2Cl)cc1)S(C)(=O)=O. The van der Waals surface area contributed by atoms with Crippen molar-refractivity contribution in [2.75, 3.05) is 23.7 Å². The minimum atomic E-state index is -3.51. The first-order valence-corrected chi connectivity index (χ1v) is 12.3. The fourth-order valence-corrected chi connectivity index (χ4v) is 4.18. The highest BCUT2D eigenvalue weighted by Gasteiger charge is 2.19. The molecule has 8 heteroatoms. The van der Waals surface area contributed by atoms with Gasteiger partial charge in [-0.25, -0.2) is 8.42 Å². The molecule has 3 aromatic carbocycles. The average Bonchev–Trinajstić information content (AvgIpc) is 2.76.